The predicted molar refractivity (Wildman–Crippen MR) is 166 cm³/mol. The van der Waals surface area contributed by atoms with Crippen LogP contribution in [0.5, 0.6) is 11.5 Å². The second-order valence-corrected chi connectivity index (χ2v) is 13.0. The van der Waals surface area contributed by atoms with Gasteiger partial charge in [-0.2, -0.15) is 0 Å². The van der Waals surface area contributed by atoms with E-state index in [2.05, 4.69) is 23.7 Å². The molecule has 3 heterocycles. The van der Waals surface area contributed by atoms with Crippen molar-refractivity contribution < 1.29 is 24.1 Å². The van der Waals surface area contributed by atoms with Crippen molar-refractivity contribution in [1.82, 2.24) is 9.97 Å². The lowest BCUT2D eigenvalue weighted by Crippen LogP contribution is -2.39. The summed E-state index contributed by atoms with van der Waals surface area (Å²) in [6.45, 7) is 16.2. The van der Waals surface area contributed by atoms with Gasteiger partial charge in [0, 0.05) is 36.1 Å². The van der Waals surface area contributed by atoms with Crippen molar-refractivity contribution in [2.45, 2.75) is 73.0 Å². The first kappa shape index (κ1) is 31.6. The normalized spacial score (nSPS) is 15.8. The Morgan fingerprint density at radius 3 is 2.33 bits per heavy atom. The van der Waals surface area contributed by atoms with E-state index in [1.165, 1.54) is 0 Å². The molecule has 0 bridgehead atoms. The van der Waals surface area contributed by atoms with Gasteiger partial charge in [-0.1, -0.05) is 37.6 Å². The molecule has 1 N–H and O–H groups in total. The van der Waals surface area contributed by atoms with Gasteiger partial charge in [0.25, 0.3) is 0 Å². The topological polar surface area (TPSA) is 94.0 Å². The van der Waals surface area contributed by atoms with Gasteiger partial charge in [0.15, 0.2) is 6.10 Å². The minimum atomic E-state index is -1.17. The summed E-state index contributed by atoms with van der Waals surface area (Å²) in [6, 6.07) is 9.36. The number of pyridine rings is 2. The summed E-state index contributed by atoms with van der Waals surface area (Å²) in [7, 11) is 0. The van der Waals surface area contributed by atoms with Crippen LogP contribution in [0.15, 0.2) is 42.7 Å². The van der Waals surface area contributed by atoms with Gasteiger partial charge in [0.1, 0.15) is 24.7 Å². The number of aromatic nitrogens is 2. The molecule has 2 aromatic heterocycles. The van der Waals surface area contributed by atoms with Crippen LogP contribution in [-0.2, 0) is 9.53 Å². The van der Waals surface area contributed by atoms with E-state index in [0.29, 0.717) is 46.7 Å². The average molecular weight is 596 g/mol. The number of carboxylic acids is 1. The van der Waals surface area contributed by atoms with Gasteiger partial charge >= 0.3 is 5.97 Å². The summed E-state index contributed by atoms with van der Waals surface area (Å²) in [5, 5.41) is 10.9. The van der Waals surface area contributed by atoms with Crippen LogP contribution in [0.3, 0.4) is 0 Å². The second kappa shape index (κ2) is 12.9. The van der Waals surface area contributed by atoms with Crippen LogP contribution in [0.2, 0.25) is 5.02 Å². The maximum Gasteiger partial charge on any atom is 0.337 e. The van der Waals surface area contributed by atoms with Gasteiger partial charge in [0.2, 0.25) is 0 Å². The van der Waals surface area contributed by atoms with Crippen LogP contribution in [-0.4, -0.2) is 52.9 Å². The maximum absolute atomic E-state index is 12.6. The molecule has 1 aliphatic rings. The lowest BCUT2D eigenvalue weighted by atomic mass is 9.82. The Morgan fingerprint density at radius 2 is 1.74 bits per heavy atom. The SMILES string of the molecule is Cc1cccc(Cl)c1OCCOc1ccc(-c2cnc(C)c([C@H](OC(C)(C)C)C(=O)O)c2N2CCC(C)(C)CC2)nc1. The summed E-state index contributed by atoms with van der Waals surface area (Å²) < 4.78 is 17.8. The number of benzene rings is 1. The van der Waals surface area contributed by atoms with Crippen LogP contribution < -0.4 is 14.4 Å². The van der Waals surface area contributed by atoms with Gasteiger partial charge < -0.3 is 24.2 Å². The molecule has 226 valence electrons. The Labute approximate surface area is 254 Å². The number of para-hydroxylation sites is 1. The summed E-state index contributed by atoms with van der Waals surface area (Å²) in [5.74, 6) is 0.207. The highest BCUT2D eigenvalue weighted by Crippen LogP contribution is 2.43. The fourth-order valence-corrected chi connectivity index (χ4v) is 5.38. The van der Waals surface area contributed by atoms with E-state index in [4.69, 9.17) is 30.8 Å². The highest BCUT2D eigenvalue weighted by atomic mass is 35.5. The molecule has 0 radical (unpaired) electrons. The number of rotatable bonds is 10. The number of hydrogen-bond donors (Lipinski definition) is 1. The zero-order valence-corrected chi connectivity index (χ0v) is 26.4. The largest absolute Gasteiger partial charge is 0.488 e. The Kier molecular flexibility index (Phi) is 9.68. The molecular formula is C33H42ClN3O5. The van der Waals surface area contributed by atoms with Crippen molar-refractivity contribution in [2.75, 3.05) is 31.2 Å². The fraction of sp³-hybridized carbons (Fsp3) is 0.485. The zero-order valence-electron chi connectivity index (χ0n) is 25.7. The molecule has 9 heteroatoms. The first-order chi connectivity index (χ1) is 19.8. The van der Waals surface area contributed by atoms with E-state index in [0.717, 1.165) is 42.7 Å². The average Bonchev–Trinajstić information content (AvgIpc) is 2.91. The molecule has 0 saturated carbocycles. The predicted octanol–water partition coefficient (Wildman–Crippen LogP) is 7.44. The van der Waals surface area contributed by atoms with Crippen LogP contribution in [0.4, 0.5) is 5.69 Å². The van der Waals surface area contributed by atoms with Crippen molar-refractivity contribution in [2.24, 2.45) is 5.41 Å². The van der Waals surface area contributed by atoms with Crippen LogP contribution in [0.1, 0.15) is 70.4 Å². The summed E-state index contributed by atoms with van der Waals surface area (Å²) in [6.07, 6.45) is 4.25. The zero-order chi connectivity index (χ0) is 30.7. The fourth-order valence-electron chi connectivity index (χ4n) is 5.10. The Hall–Kier alpha value is -3.36. The first-order valence-corrected chi connectivity index (χ1v) is 14.8. The van der Waals surface area contributed by atoms with Gasteiger partial charge in [0.05, 0.1) is 28.2 Å². The molecule has 1 atom stereocenters. The number of piperidine rings is 1. The second-order valence-electron chi connectivity index (χ2n) is 12.6. The summed E-state index contributed by atoms with van der Waals surface area (Å²) in [4.78, 5) is 24.2. The molecule has 3 aromatic rings. The van der Waals surface area contributed by atoms with E-state index >= 15 is 0 Å². The minimum Gasteiger partial charge on any atom is -0.488 e. The van der Waals surface area contributed by atoms with Crippen molar-refractivity contribution in [1.29, 1.82) is 0 Å². The molecule has 0 unspecified atom stereocenters. The molecule has 1 saturated heterocycles. The molecule has 8 nitrogen and oxygen atoms in total. The molecule has 1 fully saturated rings. The molecule has 4 rings (SSSR count). The third kappa shape index (κ3) is 7.72. The van der Waals surface area contributed by atoms with Gasteiger partial charge in [-0.15, -0.1) is 0 Å². The number of ether oxygens (including phenoxy) is 3. The van der Waals surface area contributed by atoms with E-state index in [9.17, 15) is 9.90 Å². The van der Waals surface area contributed by atoms with Crippen molar-refractivity contribution in [3.63, 3.8) is 0 Å². The number of carboxylic acid groups (broad SMARTS) is 1. The number of halogens is 1. The van der Waals surface area contributed by atoms with E-state index in [1.807, 2.05) is 58.9 Å². The number of aliphatic carboxylic acids is 1. The number of aryl methyl sites for hydroxylation is 2. The minimum absolute atomic E-state index is 0.221. The third-order valence-electron chi connectivity index (χ3n) is 7.45. The molecule has 0 amide bonds. The van der Waals surface area contributed by atoms with Crippen molar-refractivity contribution >= 4 is 23.3 Å². The number of nitrogens with zero attached hydrogens (tertiary/aromatic N) is 3. The Bertz CT molecular complexity index is 1370. The lowest BCUT2D eigenvalue weighted by Gasteiger charge is -2.40. The molecule has 0 spiro atoms. The standard InChI is InChI=1S/C33H42ClN3O5/c1-21-9-8-10-25(34)29(21)41-18-17-40-23-11-12-26(36-19-23)24-20-35-22(2)27(30(31(38)39)42-32(3,4)5)28(24)37-15-13-33(6,7)14-16-37/h8-12,19-20,30H,13-18H2,1-7H3,(H,38,39)/t30-/m0/s1. The Morgan fingerprint density at radius 1 is 1.05 bits per heavy atom. The van der Waals surface area contributed by atoms with E-state index in [1.54, 1.807) is 18.5 Å². The van der Waals surface area contributed by atoms with E-state index in [-0.39, 0.29) is 5.41 Å². The van der Waals surface area contributed by atoms with Gasteiger partial charge in [-0.05, 0) is 76.6 Å². The van der Waals surface area contributed by atoms with Gasteiger partial charge in [-0.3, -0.25) is 9.97 Å². The van der Waals surface area contributed by atoms with Crippen molar-refractivity contribution in [3.8, 4) is 22.8 Å². The number of anilines is 1. The van der Waals surface area contributed by atoms with E-state index < -0.39 is 17.7 Å². The summed E-state index contributed by atoms with van der Waals surface area (Å²) >= 11 is 6.25. The highest BCUT2D eigenvalue weighted by Gasteiger charge is 2.36. The third-order valence-corrected chi connectivity index (χ3v) is 7.75. The Balaban J connectivity index is 1.62. The monoisotopic (exact) mass is 595 g/mol. The quantitative estimate of drug-likeness (QED) is 0.242. The van der Waals surface area contributed by atoms with Crippen LogP contribution in [0.25, 0.3) is 11.3 Å². The molecular weight excluding hydrogens is 554 g/mol. The van der Waals surface area contributed by atoms with Crippen LogP contribution >= 0.6 is 11.6 Å². The highest BCUT2D eigenvalue weighted by molar-refractivity contribution is 6.32. The molecule has 1 aliphatic heterocycles. The summed E-state index contributed by atoms with van der Waals surface area (Å²) in [5.41, 5.74) is 3.98. The van der Waals surface area contributed by atoms with Gasteiger partial charge in [-0.25, -0.2) is 4.79 Å². The first-order valence-electron chi connectivity index (χ1n) is 14.4. The van der Waals surface area contributed by atoms with Crippen molar-refractivity contribution in [3.05, 3.63) is 64.6 Å². The lowest BCUT2D eigenvalue weighted by molar-refractivity contribution is -0.160. The molecule has 0 aliphatic carbocycles. The van der Waals surface area contributed by atoms with Crippen LogP contribution in [0, 0.1) is 19.3 Å². The number of hydrogen-bond acceptors (Lipinski definition) is 7. The molecule has 42 heavy (non-hydrogen) atoms. The number of carbonyl (C=O) groups is 1. The molecule has 1 aromatic carbocycles. The smallest absolute Gasteiger partial charge is 0.337 e. The maximum atomic E-state index is 12.6.